The van der Waals surface area contributed by atoms with E-state index in [1.807, 2.05) is 0 Å². The van der Waals surface area contributed by atoms with Crippen LogP contribution in [0.1, 0.15) is 0 Å². The summed E-state index contributed by atoms with van der Waals surface area (Å²) in [6.07, 6.45) is -0.904. The van der Waals surface area contributed by atoms with Crippen molar-refractivity contribution in [2.45, 2.75) is 18.3 Å². The van der Waals surface area contributed by atoms with Crippen LogP contribution in [0.5, 0.6) is 0 Å². The fraction of sp³-hybridized carbons (Fsp3) is 1.00. The van der Waals surface area contributed by atoms with Crippen molar-refractivity contribution in [1.29, 1.82) is 0 Å². The zero-order chi connectivity index (χ0) is 12.6. The molecule has 106 valence electrons. The molecule has 0 radical (unpaired) electrons. The van der Waals surface area contributed by atoms with Crippen molar-refractivity contribution in [2.75, 3.05) is 53.2 Å². The summed E-state index contributed by atoms with van der Waals surface area (Å²) in [7, 11) is 0. The molecule has 0 bridgehead atoms. The Kier molecular flexibility index (Phi) is 6.29. The van der Waals surface area contributed by atoms with Crippen LogP contribution in [0.25, 0.3) is 0 Å². The number of hydrogen-bond donors (Lipinski definition) is 1. The highest BCUT2D eigenvalue weighted by Gasteiger charge is 2.19. The number of hydrogen-bond acceptors (Lipinski definition) is 7. The smallest absolute Gasteiger partial charge is 0.146 e. The predicted molar refractivity (Wildman–Crippen MR) is 59.0 cm³/mol. The molecule has 0 aromatic carbocycles. The fourth-order valence-corrected chi connectivity index (χ4v) is 1.67. The third kappa shape index (κ3) is 5.15. The number of aliphatic hydroxyl groups excluding tert-OH is 1. The van der Waals surface area contributed by atoms with Crippen LogP contribution in [0.3, 0.4) is 0 Å². The van der Waals surface area contributed by atoms with Crippen LogP contribution in [-0.4, -0.2) is 76.6 Å². The molecule has 0 atom stereocenters. The van der Waals surface area contributed by atoms with Gasteiger partial charge in [0.05, 0.1) is 39.6 Å². The van der Waals surface area contributed by atoms with Crippen molar-refractivity contribution in [2.24, 2.45) is 0 Å². The van der Waals surface area contributed by atoms with Gasteiger partial charge in [-0.15, -0.1) is 0 Å². The average Bonchev–Trinajstić information content (AvgIpc) is 2.45. The molecule has 2 fully saturated rings. The van der Waals surface area contributed by atoms with Gasteiger partial charge in [-0.05, 0) is 0 Å². The van der Waals surface area contributed by atoms with Crippen molar-refractivity contribution >= 4 is 0 Å². The van der Waals surface area contributed by atoms with Crippen LogP contribution < -0.4 is 0 Å². The molecular formula is C11H20O7. The standard InChI is InChI=1S/C11H20O7/c12-9(1-17-10-3-13-7-14-4-10)2-18-11-5-15-8-16-6-11/h9-12H,1-8H2. The molecule has 0 aromatic rings. The second-order valence-corrected chi connectivity index (χ2v) is 4.28. The van der Waals surface area contributed by atoms with Gasteiger partial charge in [-0.25, -0.2) is 0 Å². The van der Waals surface area contributed by atoms with Crippen molar-refractivity contribution in [3.63, 3.8) is 0 Å². The summed E-state index contributed by atoms with van der Waals surface area (Å²) in [5.41, 5.74) is 0. The first-order chi connectivity index (χ1) is 8.84. The van der Waals surface area contributed by atoms with Gasteiger partial charge in [0.25, 0.3) is 0 Å². The lowest BCUT2D eigenvalue weighted by atomic mass is 10.3. The molecule has 1 N–H and O–H groups in total. The second-order valence-electron chi connectivity index (χ2n) is 4.28. The largest absolute Gasteiger partial charge is 0.388 e. The topological polar surface area (TPSA) is 75.6 Å². The summed E-state index contributed by atoms with van der Waals surface area (Å²) in [6.45, 7) is 3.02. The molecule has 7 heteroatoms. The van der Waals surface area contributed by atoms with E-state index >= 15 is 0 Å². The zero-order valence-corrected chi connectivity index (χ0v) is 10.3. The van der Waals surface area contributed by atoms with Gasteiger partial charge in [0, 0.05) is 0 Å². The Morgan fingerprint density at radius 1 is 0.833 bits per heavy atom. The van der Waals surface area contributed by atoms with Crippen LogP contribution >= 0.6 is 0 Å². The highest BCUT2D eigenvalue weighted by Crippen LogP contribution is 2.05. The molecule has 2 rings (SSSR count). The second kappa shape index (κ2) is 8.00. The van der Waals surface area contributed by atoms with Gasteiger partial charge >= 0.3 is 0 Å². The summed E-state index contributed by atoms with van der Waals surface area (Å²) in [6, 6.07) is 0. The summed E-state index contributed by atoms with van der Waals surface area (Å²) in [5, 5.41) is 9.70. The van der Waals surface area contributed by atoms with E-state index in [1.54, 1.807) is 0 Å². The van der Waals surface area contributed by atoms with Crippen molar-refractivity contribution in [3.8, 4) is 0 Å². The SMILES string of the molecule is OC(COC1COCOC1)COC1COCOC1. The molecule has 2 aliphatic rings. The fourth-order valence-electron chi connectivity index (χ4n) is 1.67. The minimum atomic E-state index is -0.672. The van der Waals surface area contributed by atoms with E-state index in [4.69, 9.17) is 28.4 Å². The highest BCUT2D eigenvalue weighted by atomic mass is 16.7. The van der Waals surface area contributed by atoms with Gasteiger partial charge in [-0.3, -0.25) is 0 Å². The minimum absolute atomic E-state index is 0.116. The van der Waals surface area contributed by atoms with Gasteiger partial charge in [0.2, 0.25) is 0 Å². The molecule has 2 aliphatic heterocycles. The first-order valence-electron chi connectivity index (χ1n) is 6.07. The van der Waals surface area contributed by atoms with Gasteiger partial charge < -0.3 is 33.5 Å². The molecule has 0 amide bonds. The lowest BCUT2D eigenvalue weighted by Gasteiger charge is -2.25. The van der Waals surface area contributed by atoms with E-state index in [2.05, 4.69) is 0 Å². The molecule has 2 saturated heterocycles. The Morgan fingerprint density at radius 2 is 1.22 bits per heavy atom. The Bertz CT molecular complexity index is 191. The maximum absolute atomic E-state index is 9.70. The average molecular weight is 264 g/mol. The monoisotopic (exact) mass is 264 g/mol. The number of rotatable bonds is 6. The summed E-state index contributed by atoms with van der Waals surface area (Å²) < 4.78 is 31.2. The third-order valence-corrected chi connectivity index (χ3v) is 2.60. The van der Waals surface area contributed by atoms with E-state index < -0.39 is 6.10 Å². The van der Waals surface area contributed by atoms with Crippen LogP contribution in [0, 0.1) is 0 Å². The van der Waals surface area contributed by atoms with Crippen LogP contribution in [0.15, 0.2) is 0 Å². The van der Waals surface area contributed by atoms with E-state index in [1.165, 1.54) is 0 Å². The molecule has 7 nitrogen and oxygen atoms in total. The van der Waals surface area contributed by atoms with Crippen LogP contribution in [-0.2, 0) is 28.4 Å². The Morgan fingerprint density at radius 3 is 1.61 bits per heavy atom. The highest BCUT2D eigenvalue weighted by molar-refractivity contribution is 4.63. The quantitative estimate of drug-likeness (QED) is 0.668. The zero-order valence-electron chi connectivity index (χ0n) is 10.3. The Hall–Kier alpha value is -0.280. The predicted octanol–water partition coefficient (Wildman–Crippen LogP) is -0.874. The summed E-state index contributed by atoms with van der Waals surface area (Å²) in [5.74, 6) is 0. The van der Waals surface area contributed by atoms with Gasteiger partial charge in [0.15, 0.2) is 0 Å². The van der Waals surface area contributed by atoms with Crippen molar-refractivity contribution in [1.82, 2.24) is 0 Å². The van der Waals surface area contributed by atoms with Crippen molar-refractivity contribution in [3.05, 3.63) is 0 Å². The molecule has 0 aliphatic carbocycles. The van der Waals surface area contributed by atoms with Crippen LogP contribution in [0.2, 0.25) is 0 Å². The maximum atomic E-state index is 9.70. The first-order valence-corrected chi connectivity index (χ1v) is 6.07. The summed E-state index contributed by atoms with van der Waals surface area (Å²) in [4.78, 5) is 0. The number of aliphatic hydroxyl groups is 1. The van der Waals surface area contributed by atoms with E-state index in [0.717, 1.165) is 0 Å². The molecule has 0 aromatic heterocycles. The van der Waals surface area contributed by atoms with Gasteiger partial charge in [-0.1, -0.05) is 0 Å². The third-order valence-electron chi connectivity index (χ3n) is 2.60. The molecule has 18 heavy (non-hydrogen) atoms. The molecule has 0 saturated carbocycles. The molecular weight excluding hydrogens is 244 g/mol. The molecule has 0 unspecified atom stereocenters. The lowest BCUT2D eigenvalue weighted by Crippen LogP contribution is -2.37. The van der Waals surface area contributed by atoms with E-state index in [-0.39, 0.29) is 25.4 Å². The molecule has 0 spiro atoms. The number of ether oxygens (including phenoxy) is 6. The summed E-state index contributed by atoms with van der Waals surface area (Å²) >= 11 is 0. The Labute approximate surface area is 106 Å². The lowest BCUT2D eigenvalue weighted by molar-refractivity contribution is -0.188. The van der Waals surface area contributed by atoms with E-state index in [0.29, 0.717) is 40.0 Å². The van der Waals surface area contributed by atoms with Gasteiger partial charge in [0.1, 0.15) is 31.9 Å². The van der Waals surface area contributed by atoms with Crippen LogP contribution in [0.4, 0.5) is 0 Å². The molecule has 2 heterocycles. The Balaban J connectivity index is 1.52. The van der Waals surface area contributed by atoms with Crippen molar-refractivity contribution < 1.29 is 33.5 Å². The normalized spacial score (nSPS) is 23.7. The first kappa shape index (κ1) is 14.1. The minimum Gasteiger partial charge on any atom is -0.388 e. The van der Waals surface area contributed by atoms with E-state index in [9.17, 15) is 5.11 Å². The van der Waals surface area contributed by atoms with Gasteiger partial charge in [-0.2, -0.15) is 0 Å². The maximum Gasteiger partial charge on any atom is 0.146 e.